The lowest BCUT2D eigenvalue weighted by atomic mass is 10.2. The average Bonchev–Trinajstić information content (AvgIpc) is 2.74. The lowest BCUT2D eigenvalue weighted by molar-refractivity contribution is 0.305. The fraction of sp³-hybridized carbons (Fsp3) is 0.231. The summed E-state index contributed by atoms with van der Waals surface area (Å²) >= 11 is 12.3. The normalized spacial score (nSPS) is 10.7. The van der Waals surface area contributed by atoms with Gasteiger partial charge in [-0.05, 0) is 84.0 Å². The Morgan fingerprint density at radius 3 is 2.37 bits per heavy atom. The van der Waals surface area contributed by atoms with Crippen LogP contribution in [0.2, 0.25) is 0 Å². The van der Waals surface area contributed by atoms with Crippen LogP contribution < -0.4 is 10.1 Å². The number of halogens is 3. The molecule has 1 aromatic carbocycles. The topological polar surface area (TPSA) is 21.3 Å². The van der Waals surface area contributed by atoms with Gasteiger partial charge in [0.25, 0.3) is 0 Å². The highest BCUT2D eigenvalue weighted by atomic mass is 79.9. The molecular weight excluding hydrogens is 458 g/mol. The molecule has 0 atom stereocenters. The van der Waals surface area contributed by atoms with Crippen molar-refractivity contribution in [3.05, 3.63) is 47.4 Å². The first-order valence-electron chi connectivity index (χ1n) is 5.59. The lowest BCUT2D eigenvalue weighted by Crippen LogP contribution is -2.05. The Morgan fingerprint density at radius 2 is 1.84 bits per heavy atom. The number of hydrogen-bond donors (Lipinski definition) is 1. The highest BCUT2D eigenvalue weighted by molar-refractivity contribution is 9.11. The van der Waals surface area contributed by atoms with Crippen LogP contribution in [0.25, 0.3) is 0 Å². The molecule has 0 radical (unpaired) electrons. The van der Waals surface area contributed by atoms with Crippen LogP contribution in [0.1, 0.15) is 10.4 Å². The zero-order valence-corrected chi connectivity index (χ0v) is 15.7. The van der Waals surface area contributed by atoms with Crippen LogP contribution in [0.15, 0.2) is 37.0 Å². The first-order chi connectivity index (χ1) is 9.11. The van der Waals surface area contributed by atoms with Gasteiger partial charge in [-0.2, -0.15) is 0 Å². The molecule has 0 unspecified atom stereocenters. The third kappa shape index (κ3) is 4.04. The van der Waals surface area contributed by atoms with Gasteiger partial charge in [-0.3, -0.25) is 0 Å². The van der Waals surface area contributed by atoms with Crippen LogP contribution >= 0.6 is 59.1 Å². The molecule has 0 aliphatic heterocycles. The molecular formula is C13H12Br3NOS. The summed E-state index contributed by atoms with van der Waals surface area (Å²) in [5.41, 5.74) is 1.20. The van der Waals surface area contributed by atoms with E-state index in [-0.39, 0.29) is 0 Å². The maximum atomic E-state index is 5.89. The fourth-order valence-electron chi connectivity index (χ4n) is 1.62. The molecule has 1 N–H and O–H groups in total. The molecule has 0 bridgehead atoms. The van der Waals surface area contributed by atoms with E-state index in [2.05, 4.69) is 65.2 Å². The number of ether oxygens (including phenoxy) is 1. The summed E-state index contributed by atoms with van der Waals surface area (Å²) in [5, 5.41) is 5.18. The molecule has 0 aliphatic rings. The van der Waals surface area contributed by atoms with Crippen molar-refractivity contribution in [1.29, 1.82) is 0 Å². The second-order valence-electron chi connectivity index (χ2n) is 3.90. The molecule has 102 valence electrons. The molecule has 1 aromatic heterocycles. The minimum Gasteiger partial charge on any atom is -0.486 e. The quantitative estimate of drug-likeness (QED) is 0.638. The summed E-state index contributed by atoms with van der Waals surface area (Å²) in [6.07, 6.45) is 0. The van der Waals surface area contributed by atoms with Crippen molar-refractivity contribution in [3.63, 3.8) is 0 Å². The summed E-state index contributed by atoms with van der Waals surface area (Å²) in [6.45, 7) is 1.38. The van der Waals surface area contributed by atoms with Crippen molar-refractivity contribution in [2.75, 3.05) is 7.05 Å². The predicted octanol–water partition coefficient (Wildman–Crippen LogP) is 5.33. The smallest absolute Gasteiger partial charge is 0.148 e. The Labute approximate surface area is 141 Å². The maximum Gasteiger partial charge on any atom is 0.148 e. The predicted molar refractivity (Wildman–Crippen MR) is 91.0 cm³/mol. The number of hydrogen-bond acceptors (Lipinski definition) is 3. The van der Waals surface area contributed by atoms with Gasteiger partial charge in [0.05, 0.1) is 13.8 Å². The van der Waals surface area contributed by atoms with E-state index < -0.39 is 0 Å². The Kier molecular flexibility index (Phi) is 5.89. The SMILES string of the molecule is CNCc1cc(Br)c(OCc2sccc2Br)c(Br)c1. The molecule has 0 saturated carbocycles. The van der Waals surface area contributed by atoms with Crippen LogP contribution in [0, 0.1) is 0 Å². The Morgan fingerprint density at radius 1 is 1.16 bits per heavy atom. The second kappa shape index (κ2) is 7.22. The molecule has 19 heavy (non-hydrogen) atoms. The molecule has 0 saturated heterocycles. The van der Waals surface area contributed by atoms with Crippen molar-refractivity contribution in [2.45, 2.75) is 13.2 Å². The van der Waals surface area contributed by atoms with Crippen LogP contribution in [0.3, 0.4) is 0 Å². The first kappa shape index (κ1) is 15.5. The van der Waals surface area contributed by atoms with Gasteiger partial charge < -0.3 is 10.1 Å². The molecule has 2 aromatic rings. The highest BCUT2D eigenvalue weighted by Crippen LogP contribution is 2.36. The molecule has 0 spiro atoms. The number of benzene rings is 1. The first-order valence-corrected chi connectivity index (χ1v) is 8.85. The Bertz CT molecular complexity index is 548. The molecule has 2 nitrogen and oxygen atoms in total. The summed E-state index contributed by atoms with van der Waals surface area (Å²) in [7, 11) is 1.93. The van der Waals surface area contributed by atoms with E-state index in [1.807, 2.05) is 18.5 Å². The largest absolute Gasteiger partial charge is 0.486 e. The summed E-state index contributed by atoms with van der Waals surface area (Å²) in [6, 6.07) is 6.17. The van der Waals surface area contributed by atoms with E-state index in [9.17, 15) is 0 Å². The summed E-state index contributed by atoms with van der Waals surface area (Å²) in [5.74, 6) is 0.833. The van der Waals surface area contributed by atoms with E-state index >= 15 is 0 Å². The van der Waals surface area contributed by atoms with Gasteiger partial charge in [-0.25, -0.2) is 0 Å². The molecule has 1 heterocycles. The zero-order chi connectivity index (χ0) is 13.8. The van der Waals surface area contributed by atoms with Crippen LogP contribution in [0.4, 0.5) is 0 Å². The second-order valence-corrected chi connectivity index (χ2v) is 7.46. The Hall–Kier alpha value is 0.120. The third-order valence-corrected chi connectivity index (χ3v) is 5.56. The van der Waals surface area contributed by atoms with Crippen LogP contribution in [-0.2, 0) is 13.2 Å². The molecule has 0 aliphatic carbocycles. The number of thiophene rings is 1. The van der Waals surface area contributed by atoms with Gasteiger partial charge in [-0.1, -0.05) is 0 Å². The number of nitrogens with one attached hydrogen (secondary N) is 1. The standard InChI is InChI=1S/C13H12Br3NOS/c1-17-6-8-4-10(15)13(11(16)5-8)18-7-12-9(14)2-3-19-12/h2-5,17H,6-7H2,1H3. The number of rotatable bonds is 5. The minimum absolute atomic E-state index is 0.556. The zero-order valence-electron chi connectivity index (χ0n) is 10.2. The average molecular weight is 470 g/mol. The monoisotopic (exact) mass is 467 g/mol. The van der Waals surface area contributed by atoms with Gasteiger partial charge in [0.1, 0.15) is 12.4 Å². The van der Waals surface area contributed by atoms with E-state index in [0.717, 1.165) is 25.7 Å². The summed E-state index contributed by atoms with van der Waals surface area (Å²) < 4.78 is 8.90. The van der Waals surface area contributed by atoms with Crippen molar-refractivity contribution in [2.24, 2.45) is 0 Å². The third-order valence-electron chi connectivity index (χ3n) is 2.48. The van der Waals surface area contributed by atoms with Crippen molar-refractivity contribution < 1.29 is 4.74 Å². The molecule has 2 rings (SSSR count). The Balaban J connectivity index is 2.14. The highest BCUT2D eigenvalue weighted by Gasteiger charge is 2.10. The minimum atomic E-state index is 0.556. The van der Waals surface area contributed by atoms with E-state index in [0.29, 0.717) is 6.61 Å². The molecule has 6 heteroatoms. The maximum absolute atomic E-state index is 5.89. The molecule has 0 fully saturated rings. The summed E-state index contributed by atoms with van der Waals surface area (Å²) in [4.78, 5) is 1.18. The van der Waals surface area contributed by atoms with Crippen molar-refractivity contribution >= 4 is 59.1 Å². The van der Waals surface area contributed by atoms with Gasteiger partial charge in [-0.15, -0.1) is 11.3 Å². The lowest BCUT2D eigenvalue weighted by Gasteiger charge is -2.12. The van der Waals surface area contributed by atoms with Gasteiger partial charge >= 0.3 is 0 Å². The van der Waals surface area contributed by atoms with Gasteiger partial charge in [0, 0.05) is 11.0 Å². The molecule has 0 amide bonds. The van der Waals surface area contributed by atoms with Crippen LogP contribution in [0.5, 0.6) is 5.75 Å². The van der Waals surface area contributed by atoms with E-state index in [4.69, 9.17) is 4.74 Å². The van der Waals surface area contributed by atoms with Gasteiger partial charge in [0.2, 0.25) is 0 Å². The van der Waals surface area contributed by atoms with E-state index in [1.54, 1.807) is 11.3 Å². The van der Waals surface area contributed by atoms with Crippen molar-refractivity contribution in [1.82, 2.24) is 5.32 Å². The fourth-order valence-corrected chi connectivity index (χ4v) is 4.51. The van der Waals surface area contributed by atoms with Crippen molar-refractivity contribution in [3.8, 4) is 5.75 Å². The van der Waals surface area contributed by atoms with Gasteiger partial charge in [0.15, 0.2) is 0 Å². The van der Waals surface area contributed by atoms with E-state index in [1.165, 1.54) is 10.4 Å². The van der Waals surface area contributed by atoms with Crippen LogP contribution in [-0.4, -0.2) is 7.05 Å².